The third-order valence-electron chi connectivity index (χ3n) is 11.6. The van der Waals surface area contributed by atoms with Crippen molar-refractivity contribution in [3.63, 3.8) is 0 Å². The average Bonchev–Trinajstić information content (AvgIpc) is 3.30. The Morgan fingerprint density at radius 1 is 0.190 bits per heavy atom. The molecule has 0 bridgehead atoms. The minimum absolute atomic E-state index is 0.860. The monoisotopic (exact) mass is 736 g/mol. The van der Waals surface area contributed by atoms with Crippen molar-refractivity contribution >= 4 is 43.1 Å². The second-order valence-corrected chi connectivity index (χ2v) is 14.8. The molecule has 0 saturated carbocycles. The topological polar surface area (TPSA) is 25.8 Å². The Morgan fingerprint density at radius 2 is 0.397 bits per heavy atom. The van der Waals surface area contributed by atoms with Gasteiger partial charge < -0.3 is 0 Å². The number of rotatable bonds is 6. The third-order valence-corrected chi connectivity index (χ3v) is 11.6. The quantitative estimate of drug-likeness (QED) is 0.159. The minimum atomic E-state index is 0.860. The molecule has 0 saturated heterocycles. The van der Waals surface area contributed by atoms with E-state index in [2.05, 4.69) is 206 Å². The van der Waals surface area contributed by atoms with Gasteiger partial charge in [0.25, 0.3) is 0 Å². The summed E-state index contributed by atoms with van der Waals surface area (Å²) in [6, 6.07) is 74.4. The molecule has 0 unspecified atom stereocenters. The van der Waals surface area contributed by atoms with E-state index in [1.54, 1.807) is 12.4 Å². The van der Waals surface area contributed by atoms with Crippen LogP contribution in [0.3, 0.4) is 0 Å². The molecule has 0 N–H and O–H groups in total. The van der Waals surface area contributed by atoms with Gasteiger partial charge in [-0.15, -0.1) is 0 Å². The fourth-order valence-corrected chi connectivity index (χ4v) is 9.06. The van der Waals surface area contributed by atoms with E-state index in [0.717, 1.165) is 22.5 Å². The van der Waals surface area contributed by atoms with Crippen LogP contribution >= 0.6 is 0 Å². The molecule has 0 aliphatic heterocycles. The molecule has 0 atom stereocenters. The number of fused-ring (bicyclic) bond motifs is 4. The molecule has 270 valence electrons. The van der Waals surface area contributed by atoms with Crippen molar-refractivity contribution in [1.82, 2.24) is 9.97 Å². The van der Waals surface area contributed by atoms with Crippen LogP contribution in [0.5, 0.6) is 0 Å². The lowest BCUT2D eigenvalue weighted by molar-refractivity contribution is 1.21. The summed E-state index contributed by atoms with van der Waals surface area (Å²) in [7, 11) is 0. The molecule has 0 aliphatic carbocycles. The fourth-order valence-electron chi connectivity index (χ4n) is 9.06. The smallest absolute Gasteiger partial charge is 0.0965 e. The number of nitrogens with zero attached hydrogens (tertiary/aromatic N) is 2. The Morgan fingerprint density at radius 3 is 0.655 bits per heavy atom. The predicted octanol–water partition coefficient (Wildman–Crippen LogP) is 15.1. The first-order valence-corrected chi connectivity index (χ1v) is 19.8. The van der Waals surface area contributed by atoms with E-state index in [0.29, 0.717) is 0 Å². The molecule has 0 amide bonds. The lowest BCUT2D eigenvalue weighted by Gasteiger charge is -2.18. The summed E-state index contributed by atoms with van der Waals surface area (Å²) in [5.74, 6) is 0. The standard InChI is InChI=1S/C56H36N2/c1-3-15-37(16-4-1)51-43-19-7-11-23-47(43)53(48-24-12-8-20-44(48)51)39-27-31-41(32-28-39)55-56(58-36-35-57-55)42-33-29-40(30-34-42)54-49-25-13-9-21-45(49)52(38-17-5-2-6-18-38)46-22-10-14-26-50(46)54/h1-36H. The molecule has 0 fully saturated rings. The van der Waals surface area contributed by atoms with Crippen molar-refractivity contribution < 1.29 is 0 Å². The van der Waals surface area contributed by atoms with Crippen molar-refractivity contribution in [1.29, 1.82) is 0 Å². The molecule has 0 spiro atoms. The highest BCUT2D eigenvalue weighted by Crippen LogP contribution is 2.46. The van der Waals surface area contributed by atoms with Gasteiger partial charge in [0.15, 0.2) is 0 Å². The zero-order valence-electron chi connectivity index (χ0n) is 31.7. The molecule has 2 heteroatoms. The van der Waals surface area contributed by atoms with Gasteiger partial charge in [0.05, 0.1) is 11.4 Å². The summed E-state index contributed by atoms with van der Waals surface area (Å²) in [5, 5.41) is 9.95. The van der Waals surface area contributed by atoms with E-state index < -0.39 is 0 Å². The molecule has 1 heterocycles. The Bertz CT molecular complexity index is 2960. The van der Waals surface area contributed by atoms with Gasteiger partial charge in [-0.2, -0.15) is 0 Å². The Balaban J connectivity index is 0.998. The summed E-state index contributed by atoms with van der Waals surface area (Å²) in [4.78, 5) is 9.82. The van der Waals surface area contributed by atoms with Gasteiger partial charge in [-0.3, -0.25) is 9.97 Å². The van der Waals surface area contributed by atoms with Crippen LogP contribution < -0.4 is 0 Å². The van der Waals surface area contributed by atoms with E-state index in [1.807, 2.05) is 0 Å². The Kier molecular flexibility index (Phi) is 8.19. The van der Waals surface area contributed by atoms with Crippen molar-refractivity contribution in [2.75, 3.05) is 0 Å². The van der Waals surface area contributed by atoms with Crippen LogP contribution in [-0.4, -0.2) is 9.97 Å². The molecule has 58 heavy (non-hydrogen) atoms. The van der Waals surface area contributed by atoms with E-state index in [1.165, 1.54) is 87.6 Å². The maximum atomic E-state index is 4.91. The number of aromatic nitrogens is 2. The number of hydrogen-bond acceptors (Lipinski definition) is 2. The molecule has 0 aliphatic rings. The van der Waals surface area contributed by atoms with E-state index in [-0.39, 0.29) is 0 Å². The maximum Gasteiger partial charge on any atom is 0.0965 e. The molecule has 2 nitrogen and oxygen atoms in total. The van der Waals surface area contributed by atoms with Crippen LogP contribution in [-0.2, 0) is 0 Å². The first kappa shape index (κ1) is 33.6. The number of hydrogen-bond donors (Lipinski definition) is 0. The van der Waals surface area contributed by atoms with Gasteiger partial charge >= 0.3 is 0 Å². The molecule has 11 rings (SSSR count). The maximum absolute atomic E-state index is 4.91. The van der Waals surface area contributed by atoms with Crippen LogP contribution in [0.4, 0.5) is 0 Å². The molecular formula is C56H36N2. The van der Waals surface area contributed by atoms with Crippen molar-refractivity contribution in [2.24, 2.45) is 0 Å². The van der Waals surface area contributed by atoms with Crippen LogP contribution in [0.1, 0.15) is 0 Å². The summed E-state index contributed by atoms with van der Waals surface area (Å²) in [6.45, 7) is 0. The number of benzene rings is 10. The third kappa shape index (κ3) is 5.57. The predicted molar refractivity (Wildman–Crippen MR) is 245 cm³/mol. The van der Waals surface area contributed by atoms with Crippen molar-refractivity contribution in [3.8, 4) is 67.0 Å². The van der Waals surface area contributed by atoms with E-state index in [4.69, 9.17) is 9.97 Å². The van der Waals surface area contributed by atoms with Gasteiger partial charge in [-0.25, -0.2) is 0 Å². The minimum Gasteiger partial charge on any atom is -0.252 e. The van der Waals surface area contributed by atoms with Crippen LogP contribution in [0.25, 0.3) is 110 Å². The second kappa shape index (κ2) is 14.1. The highest BCUT2D eigenvalue weighted by atomic mass is 14.8. The summed E-state index contributed by atoms with van der Waals surface area (Å²) >= 11 is 0. The molecule has 0 radical (unpaired) electrons. The second-order valence-electron chi connectivity index (χ2n) is 14.8. The van der Waals surface area contributed by atoms with Crippen LogP contribution in [0, 0.1) is 0 Å². The summed E-state index contributed by atoms with van der Waals surface area (Å²) in [6.07, 6.45) is 3.58. The fraction of sp³-hybridized carbons (Fsp3) is 0. The summed E-state index contributed by atoms with van der Waals surface area (Å²) in [5.41, 5.74) is 13.6. The van der Waals surface area contributed by atoms with Gasteiger partial charge in [0.1, 0.15) is 0 Å². The van der Waals surface area contributed by atoms with Crippen LogP contribution in [0.15, 0.2) is 219 Å². The van der Waals surface area contributed by atoms with Gasteiger partial charge in [-0.05, 0) is 87.6 Å². The van der Waals surface area contributed by atoms with Crippen molar-refractivity contribution in [2.45, 2.75) is 0 Å². The lowest BCUT2D eigenvalue weighted by atomic mass is 9.85. The normalized spacial score (nSPS) is 11.4. The first-order chi connectivity index (χ1) is 28.8. The van der Waals surface area contributed by atoms with Crippen LogP contribution in [0.2, 0.25) is 0 Å². The SMILES string of the molecule is c1ccc(-c2c3ccccc3c(-c3ccc(-c4nccnc4-c4ccc(-c5c6ccccc6c(-c6ccccc6)c6ccccc56)cc4)cc3)c3ccccc23)cc1. The Hall–Kier alpha value is -7.68. The van der Waals surface area contributed by atoms with Gasteiger partial charge in [0, 0.05) is 23.5 Å². The average molecular weight is 737 g/mol. The summed E-state index contributed by atoms with van der Waals surface area (Å²) < 4.78 is 0. The van der Waals surface area contributed by atoms with E-state index >= 15 is 0 Å². The lowest BCUT2D eigenvalue weighted by Crippen LogP contribution is -1.94. The Labute approximate surface area is 337 Å². The highest BCUT2D eigenvalue weighted by molar-refractivity contribution is 6.22. The molecule has 10 aromatic carbocycles. The van der Waals surface area contributed by atoms with E-state index in [9.17, 15) is 0 Å². The highest BCUT2D eigenvalue weighted by Gasteiger charge is 2.19. The molecular weight excluding hydrogens is 701 g/mol. The zero-order valence-corrected chi connectivity index (χ0v) is 31.7. The first-order valence-electron chi connectivity index (χ1n) is 19.8. The molecule has 11 aromatic rings. The van der Waals surface area contributed by atoms with Gasteiger partial charge in [0.2, 0.25) is 0 Å². The van der Waals surface area contributed by atoms with Crippen molar-refractivity contribution in [3.05, 3.63) is 219 Å². The zero-order chi connectivity index (χ0) is 38.4. The van der Waals surface area contributed by atoms with Gasteiger partial charge in [-0.1, -0.05) is 206 Å². The molecule has 1 aromatic heterocycles. The largest absolute Gasteiger partial charge is 0.252 e.